The molecule has 1 aromatic carbocycles. The summed E-state index contributed by atoms with van der Waals surface area (Å²) in [5.74, 6) is 0.693. The third-order valence-electron chi connectivity index (χ3n) is 5.04. The second-order valence-electron chi connectivity index (χ2n) is 6.63. The van der Waals surface area contributed by atoms with E-state index in [1.807, 2.05) is 6.08 Å². The molecule has 2 fully saturated rings. The van der Waals surface area contributed by atoms with E-state index >= 15 is 0 Å². The van der Waals surface area contributed by atoms with E-state index in [4.69, 9.17) is 0 Å². The SMILES string of the molecule is C[C@@H]1CN(C/C=C/c2ccc(F)cc2)CC[C@@]1(O)C1CC1. The van der Waals surface area contributed by atoms with Crippen LogP contribution in [0.4, 0.5) is 4.39 Å². The largest absolute Gasteiger partial charge is 0.389 e. The second-order valence-corrected chi connectivity index (χ2v) is 6.63. The highest BCUT2D eigenvalue weighted by molar-refractivity contribution is 5.48. The third kappa shape index (κ3) is 3.35. The van der Waals surface area contributed by atoms with Gasteiger partial charge in [0.05, 0.1) is 5.60 Å². The normalized spacial score (nSPS) is 30.9. The second kappa shape index (κ2) is 5.90. The summed E-state index contributed by atoms with van der Waals surface area (Å²) in [7, 11) is 0. The fourth-order valence-corrected chi connectivity index (χ4v) is 3.49. The van der Waals surface area contributed by atoms with Crippen molar-refractivity contribution < 1.29 is 9.50 Å². The first-order chi connectivity index (χ1) is 10.1. The number of halogens is 1. The molecule has 1 saturated carbocycles. The molecule has 1 saturated heterocycles. The van der Waals surface area contributed by atoms with Gasteiger partial charge in [-0.1, -0.05) is 31.2 Å². The summed E-state index contributed by atoms with van der Waals surface area (Å²) in [6.07, 6.45) is 7.45. The maximum absolute atomic E-state index is 12.8. The van der Waals surface area contributed by atoms with Crippen molar-refractivity contribution in [3.05, 3.63) is 41.7 Å². The fourth-order valence-electron chi connectivity index (χ4n) is 3.49. The number of nitrogens with zero attached hydrogens (tertiary/aromatic N) is 1. The van der Waals surface area contributed by atoms with Crippen molar-refractivity contribution in [2.75, 3.05) is 19.6 Å². The molecule has 0 bridgehead atoms. The topological polar surface area (TPSA) is 23.5 Å². The Morgan fingerprint density at radius 2 is 2.05 bits per heavy atom. The molecule has 0 spiro atoms. The van der Waals surface area contributed by atoms with E-state index in [0.29, 0.717) is 11.8 Å². The third-order valence-corrected chi connectivity index (χ3v) is 5.04. The fraction of sp³-hybridized carbons (Fsp3) is 0.556. The molecule has 1 heterocycles. The van der Waals surface area contributed by atoms with Gasteiger partial charge in [-0.05, 0) is 48.8 Å². The average molecular weight is 289 g/mol. The zero-order valence-electron chi connectivity index (χ0n) is 12.6. The lowest BCUT2D eigenvalue weighted by Gasteiger charge is -2.43. The van der Waals surface area contributed by atoms with E-state index in [0.717, 1.165) is 31.6 Å². The summed E-state index contributed by atoms with van der Waals surface area (Å²) in [5, 5.41) is 10.7. The predicted octanol–water partition coefficient (Wildman–Crippen LogP) is 3.32. The number of hydrogen-bond donors (Lipinski definition) is 1. The molecule has 2 atom stereocenters. The lowest BCUT2D eigenvalue weighted by Crippen LogP contribution is -2.52. The lowest BCUT2D eigenvalue weighted by atomic mass is 9.78. The highest BCUT2D eigenvalue weighted by atomic mass is 19.1. The van der Waals surface area contributed by atoms with Gasteiger partial charge in [0.15, 0.2) is 0 Å². The monoisotopic (exact) mass is 289 g/mol. The van der Waals surface area contributed by atoms with Crippen LogP contribution in [0.25, 0.3) is 6.08 Å². The number of aliphatic hydroxyl groups is 1. The summed E-state index contributed by atoms with van der Waals surface area (Å²) in [4.78, 5) is 2.39. The van der Waals surface area contributed by atoms with Crippen molar-refractivity contribution in [2.24, 2.45) is 11.8 Å². The minimum atomic E-state index is -0.419. The molecule has 0 aromatic heterocycles. The van der Waals surface area contributed by atoms with E-state index in [1.165, 1.54) is 25.0 Å². The number of rotatable bonds is 4. The van der Waals surface area contributed by atoms with Crippen LogP contribution in [0.5, 0.6) is 0 Å². The van der Waals surface area contributed by atoms with Crippen LogP contribution >= 0.6 is 0 Å². The number of piperidine rings is 1. The van der Waals surface area contributed by atoms with Crippen LogP contribution in [0, 0.1) is 17.7 Å². The Hall–Kier alpha value is -1.19. The van der Waals surface area contributed by atoms with Gasteiger partial charge in [0.25, 0.3) is 0 Å². The van der Waals surface area contributed by atoms with Crippen molar-refractivity contribution in [2.45, 2.75) is 31.8 Å². The highest BCUT2D eigenvalue weighted by Gasteiger charge is 2.49. The van der Waals surface area contributed by atoms with Gasteiger partial charge in [0.2, 0.25) is 0 Å². The first-order valence-electron chi connectivity index (χ1n) is 7.95. The Balaban J connectivity index is 1.51. The minimum Gasteiger partial charge on any atom is -0.389 e. The van der Waals surface area contributed by atoms with Crippen LogP contribution in [-0.2, 0) is 0 Å². The van der Waals surface area contributed by atoms with Gasteiger partial charge in [-0.25, -0.2) is 4.39 Å². The summed E-state index contributed by atoms with van der Waals surface area (Å²) >= 11 is 0. The molecule has 1 aliphatic carbocycles. The van der Waals surface area contributed by atoms with Crippen molar-refractivity contribution in [1.29, 1.82) is 0 Å². The van der Waals surface area contributed by atoms with Crippen LogP contribution in [-0.4, -0.2) is 35.2 Å². The molecule has 0 radical (unpaired) electrons. The van der Waals surface area contributed by atoms with E-state index in [2.05, 4.69) is 17.9 Å². The van der Waals surface area contributed by atoms with Crippen LogP contribution in [0.3, 0.4) is 0 Å². The molecular weight excluding hydrogens is 265 g/mol. The van der Waals surface area contributed by atoms with Crippen molar-refractivity contribution in [1.82, 2.24) is 4.90 Å². The van der Waals surface area contributed by atoms with Crippen LogP contribution in [0.15, 0.2) is 30.3 Å². The Bertz CT molecular complexity index is 508. The van der Waals surface area contributed by atoms with Crippen molar-refractivity contribution in [3.8, 4) is 0 Å². The average Bonchev–Trinajstić information content (AvgIpc) is 3.30. The molecule has 2 nitrogen and oxygen atoms in total. The predicted molar refractivity (Wildman–Crippen MR) is 83.3 cm³/mol. The van der Waals surface area contributed by atoms with Gasteiger partial charge in [0.1, 0.15) is 5.82 Å². The molecule has 1 aliphatic heterocycles. The molecule has 0 amide bonds. The highest BCUT2D eigenvalue weighted by Crippen LogP contribution is 2.47. The quantitative estimate of drug-likeness (QED) is 0.919. The molecule has 2 aliphatic rings. The number of likely N-dealkylation sites (tertiary alicyclic amines) is 1. The zero-order valence-corrected chi connectivity index (χ0v) is 12.6. The van der Waals surface area contributed by atoms with Gasteiger partial charge < -0.3 is 5.11 Å². The summed E-state index contributed by atoms with van der Waals surface area (Å²) in [5.41, 5.74) is 0.605. The molecular formula is C18H24FNO. The van der Waals surface area contributed by atoms with Crippen LogP contribution in [0.1, 0.15) is 31.7 Å². The van der Waals surface area contributed by atoms with Crippen LogP contribution < -0.4 is 0 Å². The van der Waals surface area contributed by atoms with Crippen molar-refractivity contribution in [3.63, 3.8) is 0 Å². The molecule has 114 valence electrons. The molecule has 21 heavy (non-hydrogen) atoms. The molecule has 0 unspecified atom stereocenters. The van der Waals surface area contributed by atoms with E-state index in [-0.39, 0.29) is 5.82 Å². The maximum atomic E-state index is 12.8. The van der Waals surface area contributed by atoms with Gasteiger partial charge in [-0.2, -0.15) is 0 Å². The summed E-state index contributed by atoms with van der Waals surface area (Å²) < 4.78 is 12.8. The van der Waals surface area contributed by atoms with E-state index < -0.39 is 5.60 Å². The van der Waals surface area contributed by atoms with Crippen molar-refractivity contribution >= 4 is 6.08 Å². The van der Waals surface area contributed by atoms with Gasteiger partial charge in [-0.15, -0.1) is 0 Å². The summed E-state index contributed by atoms with van der Waals surface area (Å²) in [6.45, 7) is 4.99. The number of hydrogen-bond acceptors (Lipinski definition) is 2. The van der Waals surface area contributed by atoms with Gasteiger partial charge in [0, 0.05) is 19.6 Å². The lowest BCUT2D eigenvalue weighted by molar-refractivity contribution is -0.0796. The first-order valence-corrected chi connectivity index (χ1v) is 7.95. The Morgan fingerprint density at radius 3 is 2.67 bits per heavy atom. The van der Waals surface area contributed by atoms with Gasteiger partial charge in [-0.3, -0.25) is 4.90 Å². The Kier molecular flexibility index (Phi) is 4.14. The minimum absolute atomic E-state index is 0.198. The molecule has 1 aromatic rings. The molecule has 1 N–H and O–H groups in total. The summed E-state index contributed by atoms with van der Waals surface area (Å²) in [6, 6.07) is 6.55. The van der Waals surface area contributed by atoms with E-state index in [1.54, 1.807) is 12.1 Å². The maximum Gasteiger partial charge on any atom is 0.123 e. The molecule has 3 heteroatoms. The van der Waals surface area contributed by atoms with E-state index in [9.17, 15) is 9.50 Å². The smallest absolute Gasteiger partial charge is 0.123 e. The Labute approximate surface area is 126 Å². The number of benzene rings is 1. The first kappa shape index (κ1) is 14.7. The van der Waals surface area contributed by atoms with Gasteiger partial charge >= 0.3 is 0 Å². The zero-order chi connectivity index (χ0) is 14.9. The molecule has 3 rings (SSSR count). The Morgan fingerprint density at radius 1 is 1.33 bits per heavy atom. The standard InChI is InChI=1S/C18H24FNO/c1-14-13-20(12-10-18(14,21)16-6-7-16)11-2-3-15-4-8-17(19)9-5-15/h2-5,8-9,14,16,21H,6-7,10-13H2,1H3/b3-2+/t14-,18+/m1/s1. The van der Waals surface area contributed by atoms with Crippen LogP contribution in [0.2, 0.25) is 0 Å².